The molecule has 0 unspecified atom stereocenters. The van der Waals surface area contributed by atoms with E-state index in [4.69, 9.17) is 0 Å². The lowest BCUT2D eigenvalue weighted by molar-refractivity contribution is 0.0684. The monoisotopic (exact) mass is 275 g/mol. The largest absolute Gasteiger partial charge is 0.330 e. The highest BCUT2D eigenvalue weighted by atomic mass is 32.1. The molecule has 0 radical (unpaired) electrons. The van der Waals surface area contributed by atoms with Gasteiger partial charge in [0.15, 0.2) is 5.69 Å². The van der Waals surface area contributed by atoms with Crippen LogP contribution in [0.15, 0.2) is 29.6 Å². The Bertz CT molecular complexity index is 552. The number of nitrogens with zero attached hydrogens (tertiary/aromatic N) is 3. The van der Waals surface area contributed by atoms with Gasteiger partial charge in [-0.2, -0.15) is 0 Å². The quantitative estimate of drug-likeness (QED) is 0.862. The van der Waals surface area contributed by atoms with Crippen molar-refractivity contribution in [1.82, 2.24) is 14.5 Å². The first-order valence-corrected chi connectivity index (χ1v) is 7.05. The number of benzene rings is 1. The SMILES string of the molecule is Cc1ccccc1CN(C(=O)c1csnn1)C(C)C. The zero-order valence-corrected chi connectivity index (χ0v) is 12.1. The molecule has 0 aliphatic carbocycles. The van der Waals surface area contributed by atoms with Crippen LogP contribution in [0, 0.1) is 6.92 Å². The molecule has 0 bridgehead atoms. The van der Waals surface area contributed by atoms with Crippen molar-refractivity contribution in [2.75, 3.05) is 0 Å². The molecule has 1 heterocycles. The molecule has 0 spiro atoms. The van der Waals surface area contributed by atoms with Gasteiger partial charge in [-0.05, 0) is 43.4 Å². The van der Waals surface area contributed by atoms with Crippen LogP contribution < -0.4 is 0 Å². The third kappa shape index (κ3) is 3.17. The molecule has 0 atom stereocenters. The molecule has 0 fully saturated rings. The molecule has 2 aromatic rings. The molecule has 0 saturated heterocycles. The summed E-state index contributed by atoms with van der Waals surface area (Å²) >= 11 is 1.20. The molecule has 5 heteroatoms. The molecule has 1 amide bonds. The molecule has 0 aliphatic heterocycles. The molecule has 100 valence electrons. The molecule has 1 aromatic heterocycles. The summed E-state index contributed by atoms with van der Waals surface area (Å²) in [6.45, 7) is 6.68. The first kappa shape index (κ1) is 13.7. The van der Waals surface area contributed by atoms with Crippen molar-refractivity contribution in [1.29, 1.82) is 0 Å². The van der Waals surface area contributed by atoms with Gasteiger partial charge in [-0.25, -0.2) is 0 Å². The maximum absolute atomic E-state index is 12.4. The Morgan fingerprint density at radius 3 is 2.68 bits per heavy atom. The van der Waals surface area contributed by atoms with E-state index in [9.17, 15) is 4.79 Å². The van der Waals surface area contributed by atoms with Gasteiger partial charge in [0.05, 0.1) is 0 Å². The summed E-state index contributed by atoms with van der Waals surface area (Å²) in [5, 5.41) is 5.55. The fourth-order valence-corrected chi connectivity index (χ4v) is 2.29. The highest BCUT2D eigenvalue weighted by molar-refractivity contribution is 7.03. The fourth-order valence-electron chi connectivity index (χ4n) is 1.86. The molecule has 0 saturated carbocycles. The van der Waals surface area contributed by atoms with E-state index in [1.807, 2.05) is 30.9 Å². The van der Waals surface area contributed by atoms with Crippen LogP contribution in [0.4, 0.5) is 0 Å². The predicted octanol–water partition coefficient (Wildman–Crippen LogP) is 2.90. The van der Waals surface area contributed by atoms with Crippen LogP contribution in [0.5, 0.6) is 0 Å². The molecule has 4 nitrogen and oxygen atoms in total. The Labute approximate surface area is 117 Å². The third-order valence-electron chi connectivity index (χ3n) is 3.07. The van der Waals surface area contributed by atoms with Crippen molar-refractivity contribution in [2.45, 2.75) is 33.4 Å². The first-order valence-electron chi connectivity index (χ1n) is 6.22. The zero-order valence-electron chi connectivity index (χ0n) is 11.3. The van der Waals surface area contributed by atoms with Crippen LogP contribution >= 0.6 is 11.5 Å². The number of carbonyl (C=O) groups excluding carboxylic acids is 1. The van der Waals surface area contributed by atoms with E-state index in [1.54, 1.807) is 5.38 Å². The highest BCUT2D eigenvalue weighted by Crippen LogP contribution is 2.15. The van der Waals surface area contributed by atoms with Crippen molar-refractivity contribution in [3.05, 3.63) is 46.5 Å². The molecule has 1 aromatic carbocycles. The van der Waals surface area contributed by atoms with Gasteiger partial charge >= 0.3 is 0 Å². The first-order chi connectivity index (χ1) is 9.09. The second-order valence-electron chi connectivity index (χ2n) is 4.74. The van der Waals surface area contributed by atoms with Gasteiger partial charge in [0.25, 0.3) is 5.91 Å². The van der Waals surface area contributed by atoms with Crippen LogP contribution in [0.2, 0.25) is 0 Å². The second-order valence-corrected chi connectivity index (χ2v) is 5.35. The van der Waals surface area contributed by atoms with Crippen LogP contribution in [0.1, 0.15) is 35.5 Å². The van der Waals surface area contributed by atoms with Gasteiger partial charge in [-0.3, -0.25) is 4.79 Å². The summed E-state index contributed by atoms with van der Waals surface area (Å²) in [7, 11) is 0. The number of amides is 1. The Balaban J connectivity index is 2.22. The molecular weight excluding hydrogens is 258 g/mol. The Morgan fingerprint density at radius 1 is 1.37 bits per heavy atom. The average Bonchev–Trinajstić information content (AvgIpc) is 2.90. The summed E-state index contributed by atoms with van der Waals surface area (Å²) in [4.78, 5) is 14.2. The van der Waals surface area contributed by atoms with Crippen molar-refractivity contribution >= 4 is 17.4 Å². The number of aryl methyl sites for hydroxylation is 1. The zero-order chi connectivity index (χ0) is 13.8. The summed E-state index contributed by atoms with van der Waals surface area (Å²) in [6.07, 6.45) is 0. The second kappa shape index (κ2) is 5.93. The Kier molecular flexibility index (Phi) is 4.27. The number of hydrogen-bond donors (Lipinski definition) is 0. The average molecular weight is 275 g/mol. The van der Waals surface area contributed by atoms with Crippen molar-refractivity contribution < 1.29 is 4.79 Å². The Hall–Kier alpha value is -1.75. The lowest BCUT2D eigenvalue weighted by atomic mass is 10.1. The van der Waals surface area contributed by atoms with E-state index in [2.05, 4.69) is 28.6 Å². The molecule has 19 heavy (non-hydrogen) atoms. The Morgan fingerprint density at radius 2 is 2.11 bits per heavy atom. The normalized spacial score (nSPS) is 10.7. The van der Waals surface area contributed by atoms with Crippen LogP contribution in [0.3, 0.4) is 0 Å². The standard InChI is InChI=1S/C14H17N3OS/c1-10(2)17(14(18)13-9-19-16-15-13)8-12-7-5-4-6-11(12)3/h4-7,9-10H,8H2,1-3H3. The maximum atomic E-state index is 12.4. The minimum Gasteiger partial charge on any atom is -0.330 e. The number of rotatable bonds is 4. The number of aromatic nitrogens is 2. The van der Waals surface area contributed by atoms with Gasteiger partial charge in [-0.15, -0.1) is 5.10 Å². The summed E-state index contributed by atoms with van der Waals surface area (Å²) in [5.74, 6) is -0.0630. The van der Waals surface area contributed by atoms with Gasteiger partial charge < -0.3 is 4.90 Å². The number of carbonyl (C=O) groups is 1. The van der Waals surface area contributed by atoms with Crippen LogP contribution in [-0.4, -0.2) is 26.4 Å². The van der Waals surface area contributed by atoms with Gasteiger partial charge in [0, 0.05) is 18.0 Å². The van der Waals surface area contributed by atoms with E-state index < -0.39 is 0 Å². The van der Waals surface area contributed by atoms with E-state index >= 15 is 0 Å². The predicted molar refractivity (Wildman–Crippen MR) is 76.1 cm³/mol. The van der Waals surface area contributed by atoms with E-state index in [0.29, 0.717) is 12.2 Å². The minimum absolute atomic E-state index is 0.0630. The third-order valence-corrected chi connectivity index (χ3v) is 3.57. The van der Waals surface area contributed by atoms with E-state index in [-0.39, 0.29) is 11.9 Å². The maximum Gasteiger partial charge on any atom is 0.275 e. The van der Waals surface area contributed by atoms with Gasteiger partial charge in [0.2, 0.25) is 0 Å². The lowest BCUT2D eigenvalue weighted by Gasteiger charge is -2.26. The topological polar surface area (TPSA) is 46.1 Å². The summed E-state index contributed by atoms with van der Waals surface area (Å²) in [5.41, 5.74) is 2.78. The molecule has 2 rings (SSSR count). The minimum atomic E-state index is -0.0630. The van der Waals surface area contributed by atoms with Crippen molar-refractivity contribution in [3.8, 4) is 0 Å². The molecular formula is C14H17N3OS. The lowest BCUT2D eigenvalue weighted by Crippen LogP contribution is -2.36. The van der Waals surface area contributed by atoms with Gasteiger partial charge in [-0.1, -0.05) is 28.8 Å². The van der Waals surface area contributed by atoms with Crippen molar-refractivity contribution in [3.63, 3.8) is 0 Å². The summed E-state index contributed by atoms with van der Waals surface area (Å²) < 4.78 is 3.75. The number of hydrogen-bond acceptors (Lipinski definition) is 4. The van der Waals surface area contributed by atoms with Crippen LogP contribution in [0.25, 0.3) is 0 Å². The smallest absolute Gasteiger partial charge is 0.275 e. The van der Waals surface area contributed by atoms with Crippen LogP contribution in [-0.2, 0) is 6.54 Å². The fraction of sp³-hybridized carbons (Fsp3) is 0.357. The highest BCUT2D eigenvalue weighted by Gasteiger charge is 2.21. The van der Waals surface area contributed by atoms with E-state index in [0.717, 1.165) is 5.56 Å². The van der Waals surface area contributed by atoms with Gasteiger partial charge in [0.1, 0.15) is 0 Å². The molecule has 0 aliphatic rings. The van der Waals surface area contributed by atoms with E-state index in [1.165, 1.54) is 17.1 Å². The summed E-state index contributed by atoms with van der Waals surface area (Å²) in [6, 6.07) is 8.23. The molecule has 0 N–H and O–H groups in total. The van der Waals surface area contributed by atoms with Crippen molar-refractivity contribution in [2.24, 2.45) is 0 Å².